The fourth-order valence-corrected chi connectivity index (χ4v) is 4.56. The molecule has 0 fully saturated rings. The lowest BCUT2D eigenvalue weighted by Gasteiger charge is -2.16. The molecular formula is C14H35NSi2. The van der Waals surface area contributed by atoms with Gasteiger partial charge >= 0.3 is 0 Å². The van der Waals surface area contributed by atoms with E-state index in [0.717, 1.165) is 0 Å². The predicted molar refractivity (Wildman–Crippen MR) is 87.6 cm³/mol. The van der Waals surface area contributed by atoms with Gasteiger partial charge in [-0.15, -0.1) is 0 Å². The molecule has 0 atom stereocenters. The van der Waals surface area contributed by atoms with Crippen molar-refractivity contribution in [3.63, 3.8) is 0 Å². The molecule has 0 aromatic rings. The third-order valence-electron chi connectivity index (χ3n) is 3.06. The highest BCUT2D eigenvalue weighted by Gasteiger charge is 2.12. The molecule has 0 aliphatic rings. The van der Waals surface area contributed by atoms with Crippen molar-refractivity contribution in [1.82, 2.24) is 5.32 Å². The molecule has 0 saturated heterocycles. The van der Waals surface area contributed by atoms with E-state index in [1.807, 2.05) is 0 Å². The molecule has 0 aromatic carbocycles. The zero-order valence-corrected chi connectivity index (χ0v) is 15.2. The minimum atomic E-state index is -0.783. The minimum absolute atomic E-state index is 0.783. The average Bonchev–Trinajstić information content (AvgIpc) is 2.11. The van der Waals surface area contributed by atoms with E-state index in [9.17, 15) is 0 Å². The maximum atomic E-state index is 3.59. The quantitative estimate of drug-likeness (QED) is 0.445. The first kappa shape index (κ1) is 17.4. The normalized spacial score (nSPS) is 13.1. The van der Waals surface area contributed by atoms with Gasteiger partial charge in [0.15, 0.2) is 0 Å². The minimum Gasteiger partial charge on any atom is -0.317 e. The highest BCUT2D eigenvalue weighted by molar-refractivity contribution is 6.76. The molecule has 3 heteroatoms. The Morgan fingerprint density at radius 2 is 0.941 bits per heavy atom. The maximum absolute atomic E-state index is 3.59. The molecule has 0 aliphatic carbocycles. The Morgan fingerprint density at radius 3 is 1.24 bits per heavy atom. The van der Waals surface area contributed by atoms with Gasteiger partial charge in [-0.3, -0.25) is 0 Å². The van der Waals surface area contributed by atoms with Gasteiger partial charge in [0.2, 0.25) is 0 Å². The van der Waals surface area contributed by atoms with Gasteiger partial charge in [-0.2, -0.15) is 0 Å². The van der Waals surface area contributed by atoms with Crippen LogP contribution in [0.3, 0.4) is 0 Å². The summed E-state index contributed by atoms with van der Waals surface area (Å²) < 4.78 is 0. The van der Waals surface area contributed by atoms with E-state index in [1.54, 1.807) is 0 Å². The van der Waals surface area contributed by atoms with Crippen molar-refractivity contribution in [2.24, 2.45) is 0 Å². The fourth-order valence-electron chi connectivity index (χ4n) is 1.94. The molecule has 0 saturated carbocycles. The summed E-state index contributed by atoms with van der Waals surface area (Å²) in [6.45, 7) is 17.3. The van der Waals surface area contributed by atoms with E-state index < -0.39 is 16.1 Å². The Balaban J connectivity index is 3.15. The van der Waals surface area contributed by atoms with Crippen molar-refractivity contribution < 1.29 is 0 Å². The third kappa shape index (κ3) is 16.4. The third-order valence-corrected chi connectivity index (χ3v) is 6.77. The van der Waals surface area contributed by atoms with Gasteiger partial charge in [0.25, 0.3) is 0 Å². The van der Waals surface area contributed by atoms with Gasteiger partial charge in [-0.25, -0.2) is 0 Å². The first-order chi connectivity index (χ1) is 7.71. The van der Waals surface area contributed by atoms with Crippen LogP contribution in [0.15, 0.2) is 0 Å². The van der Waals surface area contributed by atoms with Crippen molar-refractivity contribution in [1.29, 1.82) is 0 Å². The van der Waals surface area contributed by atoms with Crippen LogP contribution in [0.25, 0.3) is 0 Å². The zero-order chi connectivity index (χ0) is 13.4. The van der Waals surface area contributed by atoms with Crippen LogP contribution in [0.1, 0.15) is 25.7 Å². The molecule has 0 heterocycles. The van der Waals surface area contributed by atoms with Crippen LogP contribution in [-0.4, -0.2) is 29.2 Å². The number of unbranched alkanes of at least 4 members (excludes halogenated alkanes) is 2. The van der Waals surface area contributed by atoms with Gasteiger partial charge in [0.05, 0.1) is 0 Å². The lowest BCUT2D eigenvalue weighted by atomic mass is 10.3. The summed E-state index contributed by atoms with van der Waals surface area (Å²) in [5, 5.41) is 3.59. The summed E-state index contributed by atoms with van der Waals surface area (Å²) in [4.78, 5) is 0. The number of hydrogen-bond acceptors (Lipinski definition) is 1. The van der Waals surface area contributed by atoms with Crippen molar-refractivity contribution in [3.05, 3.63) is 0 Å². The largest absolute Gasteiger partial charge is 0.317 e. The number of nitrogens with one attached hydrogen (secondary N) is 1. The highest BCUT2D eigenvalue weighted by Crippen LogP contribution is 2.13. The van der Waals surface area contributed by atoms with Gasteiger partial charge in [-0.05, 0) is 25.9 Å². The van der Waals surface area contributed by atoms with E-state index in [1.165, 1.54) is 50.9 Å². The van der Waals surface area contributed by atoms with E-state index in [4.69, 9.17) is 0 Å². The summed E-state index contributed by atoms with van der Waals surface area (Å²) in [5.74, 6) is 0. The molecular weight excluding hydrogens is 238 g/mol. The molecule has 104 valence electrons. The summed E-state index contributed by atoms with van der Waals surface area (Å²) in [6.07, 6.45) is 5.60. The topological polar surface area (TPSA) is 12.0 Å². The van der Waals surface area contributed by atoms with Crippen molar-refractivity contribution >= 4 is 16.1 Å². The summed E-state index contributed by atoms with van der Waals surface area (Å²) in [7, 11) is -1.57. The Bertz CT molecular complexity index is 160. The van der Waals surface area contributed by atoms with Gasteiger partial charge < -0.3 is 5.32 Å². The van der Waals surface area contributed by atoms with E-state index in [2.05, 4.69) is 44.6 Å². The first-order valence-corrected chi connectivity index (χ1v) is 14.8. The Kier molecular flexibility index (Phi) is 8.68. The van der Waals surface area contributed by atoms with E-state index >= 15 is 0 Å². The monoisotopic (exact) mass is 273 g/mol. The van der Waals surface area contributed by atoms with Gasteiger partial charge in [0.1, 0.15) is 0 Å². The second-order valence-electron chi connectivity index (χ2n) is 7.79. The van der Waals surface area contributed by atoms with E-state index in [0.29, 0.717) is 0 Å². The maximum Gasteiger partial charge on any atom is 0.0442 e. The molecule has 1 N–H and O–H groups in total. The molecule has 0 spiro atoms. The lowest BCUT2D eigenvalue weighted by molar-refractivity contribution is 0.608. The molecule has 0 unspecified atom stereocenters. The van der Waals surface area contributed by atoms with Gasteiger partial charge in [-0.1, -0.05) is 64.2 Å². The SMILES string of the molecule is C[Si](C)(C)CCCCNCCCC[Si](C)(C)C. The Labute approximate surface area is 112 Å². The second kappa shape index (κ2) is 8.49. The molecule has 0 radical (unpaired) electrons. The zero-order valence-electron chi connectivity index (χ0n) is 13.2. The number of hydrogen-bond donors (Lipinski definition) is 1. The van der Waals surface area contributed by atoms with Crippen LogP contribution in [0.5, 0.6) is 0 Å². The van der Waals surface area contributed by atoms with Crippen LogP contribution < -0.4 is 5.32 Å². The Morgan fingerprint density at radius 1 is 0.588 bits per heavy atom. The van der Waals surface area contributed by atoms with Gasteiger partial charge in [0, 0.05) is 16.1 Å². The average molecular weight is 274 g/mol. The fraction of sp³-hybridized carbons (Fsp3) is 1.00. The lowest BCUT2D eigenvalue weighted by Crippen LogP contribution is -2.22. The van der Waals surface area contributed by atoms with Crippen LogP contribution in [0, 0.1) is 0 Å². The van der Waals surface area contributed by atoms with Crippen molar-refractivity contribution in [2.75, 3.05) is 13.1 Å². The van der Waals surface area contributed by atoms with E-state index in [-0.39, 0.29) is 0 Å². The van der Waals surface area contributed by atoms with Crippen molar-refractivity contribution in [2.45, 2.75) is 77.1 Å². The molecule has 0 rings (SSSR count). The molecule has 0 amide bonds. The summed E-state index contributed by atoms with van der Waals surface area (Å²) >= 11 is 0. The number of rotatable bonds is 10. The highest BCUT2D eigenvalue weighted by atomic mass is 28.3. The van der Waals surface area contributed by atoms with Crippen LogP contribution in [-0.2, 0) is 0 Å². The first-order valence-electron chi connectivity index (χ1n) is 7.41. The van der Waals surface area contributed by atoms with Crippen LogP contribution in [0.4, 0.5) is 0 Å². The van der Waals surface area contributed by atoms with Crippen LogP contribution >= 0.6 is 0 Å². The predicted octanol–water partition coefficient (Wildman–Crippen LogP) is 4.81. The molecule has 0 bridgehead atoms. The molecule has 17 heavy (non-hydrogen) atoms. The smallest absolute Gasteiger partial charge is 0.0442 e. The standard InChI is InChI=1S/C14H35NSi2/c1-16(2,3)13-9-7-11-15-12-8-10-14-17(4,5)6/h15H,7-14H2,1-6H3. The second-order valence-corrected chi connectivity index (χ2v) is 19.0. The Hall–Kier alpha value is 0.394. The summed E-state index contributed by atoms with van der Waals surface area (Å²) in [5.41, 5.74) is 0. The molecule has 0 aromatic heterocycles. The van der Waals surface area contributed by atoms with Crippen LogP contribution in [0.2, 0.25) is 51.4 Å². The summed E-state index contributed by atoms with van der Waals surface area (Å²) in [6, 6.07) is 2.98. The van der Waals surface area contributed by atoms with Crippen molar-refractivity contribution in [3.8, 4) is 0 Å². The molecule has 0 aliphatic heterocycles. The molecule has 1 nitrogen and oxygen atoms in total.